The first-order valence-corrected chi connectivity index (χ1v) is 10.5. The zero-order valence-corrected chi connectivity index (χ0v) is 19.2. The van der Waals surface area contributed by atoms with Gasteiger partial charge in [0.05, 0.1) is 4.70 Å². The van der Waals surface area contributed by atoms with Gasteiger partial charge in [-0.25, -0.2) is 13.8 Å². The number of fused-ring (bicyclic) bond motifs is 1. The van der Waals surface area contributed by atoms with E-state index in [0.717, 1.165) is 41.6 Å². The summed E-state index contributed by atoms with van der Waals surface area (Å²) in [7, 11) is 0. The molecule has 3 aromatic rings. The summed E-state index contributed by atoms with van der Waals surface area (Å²) in [5, 5.41) is 0.377. The quantitative estimate of drug-likeness (QED) is 0.467. The van der Waals surface area contributed by atoms with Crippen LogP contribution >= 0.6 is 23.7 Å². The number of nitrogens with zero attached hydrogens (tertiary/aromatic N) is 3. The number of rotatable bonds is 7. The number of likely N-dealkylation sites (N-methyl/N-ethyl adjacent to an activating group) is 1. The Balaban J connectivity index is 0.00000320. The summed E-state index contributed by atoms with van der Waals surface area (Å²) in [5.41, 5.74) is 2.54. The molecule has 162 valence electrons. The Morgan fingerprint density at radius 3 is 2.43 bits per heavy atom. The summed E-state index contributed by atoms with van der Waals surface area (Å²) >= 11 is 1.13. The van der Waals surface area contributed by atoms with E-state index in [1.807, 2.05) is 32.0 Å². The van der Waals surface area contributed by atoms with Gasteiger partial charge in [-0.05, 0) is 44.6 Å². The molecule has 2 aromatic carbocycles. The van der Waals surface area contributed by atoms with E-state index >= 15 is 0 Å². The maximum absolute atomic E-state index is 14.2. The van der Waals surface area contributed by atoms with Crippen LogP contribution in [0.25, 0.3) is 10.2 Å². The molecule has 0 saturated heterocycles. The Hall–Kier alpha value is -2.09. The average molecular weight is 454 g/mol. The van der Waals surface area contributed by atoms with E-state index < -0.39 is 11.6 Å². The number of hydrogen-bond donors (Lipinski definition) is 0. The monoisotopic (exact) mass is 453 g/mol. The summed E-state index contributed by atoms with van der Waals surface area (Å²) in [4.78, 5) is 21.6. The van der Waals surface area contributed by atoms with Gasteiger partial charge in [-0.15, -0.1) is 12.4 Å². The minimum Gasteiger partial charge on any atom is -0.302 e. The van der Waals surface area contributed by atoms with Crippen LogP contribution in [0.2, 0.25) is 0 Å². The van der Waals surface area contributed by atoms with Crippen LogP contribution in [0.1, 0.15) is 35.3 Å². The molecule has 0 aliphatic heterocycles. The molecule has 8 heteroatoms. The molecule has 0 unspecified atom stereocenters. The van der Waals surface area contributed by atoms with Crippen molar-refractivity contribution in [2.24, 2.45) is 0 Å². The summed E-state index contributed by atoms with van der Waals surface area (Å²) in [5.74, 6) is -1.55. The molecule has 0 fully saturated rings. The van der Waals surface area contributed by atoms with Gasteiger partial charge < -0.3 is 4.90 Å². The van der Waals surface area contributed by atoms with Gasteiger partial charge in [-0.3, -0.25) is 9.69 Å². The van der Waals surface area contributed by atoms with Crippen molar-refractivity contribution in [2.45, 2.75) is 27.7 Å². The number of benzene rings is 2. The fourth-order valence-electron chi connectivity index (χ4n) is 3.24. The van der Waals surface area contributed by atoms with Crippen LogP contribution in [-0.2, 0) is 0 Å². The van der Waals surface area contributed by atoms with Gasteiger partial charge in [-0.1, -0.05) is 42.9 Å². The number of aromatic nitrogens is 1. The van der Waals surface area contributed by atoms with Crippen molar-refractivity contribution < 1.29 is 13.6 Å². The van der Waals surface area contributed by atoms with E-state index in [-0.39, 0.29) is 23.8 Å². The van der Waals surface area contributed by atoms with Crippen LogP contribution in [0, 0.1) is 25.5 Å². The Bertz CT molecular complexity index is 1040. The molecule has 0 atom stereocenters. The summed E-state index contributed by atoms with van der Waals surface area (Å²) < 4.78 is 28.2. The van der Waals surface area contributed by atoms with E-state index in [4.69, 9.17) is 0 Å². The number of aryl methyl sites for hydroxylation is 2. The second-order valence-electron chi connectivity index (χ2n) is 7.03. The maximum atomic E-state index is 14.2. The van der Waals surface area contributed by atoms with Gasteiger partial charge in [0.1, 0.15) is 11.3 Å². The van der Waals surface area contributed by atoms with Crippen molar-refractivity contribution in [1.82, 2.24) is 9.88 Å². The molecule has 1 aromatic heterocycles. The normalized spacial score (nSPS) is 11.0. The highest BCUT2D eigenvalue weighted by molar-refractivity contribution is 7.22. The molecule has 0 N–H and O–H groups in total. The molecule has 30 heavy (non-hydrogen) atoms. The van der Waals surface area contributed by atoms with Crippen molar-refractivity contribution in [1.29, 1.82) is 0 Å². The second kappa shape index (κ2) is 10.3. The zero-order valence-electron chi connectivity index (χ0n) is 17.5. The second-order valence-corrected chi connectivity index (χ2v) is 8.04. The van der Waals surface area contributed by atoms with Gasteiger partial charge in [0.2, 0.25) is 0 Å². The van der Waals surface area contributed by atoms with Gasteiger partial charge in [-0.2, -0.15) is 0 Å². The van der Waals surface area contributed by atoms with E-state index in [9.17, 15) is 13.6 Å². The fourth-order valence-corrected chi connectivity index (χ4v) is 4.27. The van der Waals surface area contributed by atoms with Gasteiger partial charge in [0.25, 0.3) is 5.91 Å². The Labute approximate surface area is 185 Å². The number of halogens is 3. The molecule has 1 heterocycles. The molecule has 0 aliphatic rings. The van der Waals surface area contributed by atoms with Gasteiger partial charge in [0.15, 0.2) is 10.9 Å². The molecule has 4 nitrogen and oxygen atoms in total. The Morgan fingerprint density at radius 2 is 1.77 bits per heavy atom. The van der Waals surface area contributed by atoms with E-state index in [1.165, 1.54) is 6.07 Å². The van der Waals surface area contributed by atoms with Crippen LogP contribution in [-0.4, -0.2) is 42.0 Å². The molecular formula is C22H26ClF2N3OS. The van der Waals surface area contributed by atoms with Crippen LogP contribution in [0.3, 0.4) is 0 Å². The number of hydrogen-bond acceptors (Lipinski definition) is 4. The first-order valence-electron chi connectivity index (χ1n) is 9.71. The third-order valence-electron chi connectivity index (χ3n) is 5.04. The first kappa shape index (κ1) is 24.2. The average Bonchev–Trinajstić information content (AvgIpc) is 3.10. The Morgan fingerprint density at radius 1 is 1.07 bits per heavy atom. The molecule has 0 spiro atoms. The van der Waals surface area contributed by atoms with Crippen LogP contribution in [0.15, 0.2) is 30.3 Å². The minimum atomic E-state index is -0.717. The standard InChI is InChI=1S/C22H25F2N3OS.ClH/c1-5-26(6-2)9-10-27(21(28)17-11-14(3)7-8-15(17)4)22-25-20-18(24)12-16(23)13-19(20)29-22;/h7-8,11-13H,5-6,9-10H2,1-4H3;1H. The lowest BCUT2D eigenvalue weighted by atomic mass is 10.0. The zero-order chi connectivity index (χ0) is 21.1. The number of amides is 1. The topological polar surface area (TPSA) is 36.4 Å². The maximum Gasteiger partial charge on any atom is 0.260 e. The van der Waals surface area contributed by atoms with E-state index in [0.29, 0.717) is 28.5 Å². The highest BCUT2D eigenvalue weighted by Gasteiger charge is 2.24. The molecule has 0 bridgehead atoms. The molecule has 0 radical (unpaired) electrons. The highest BCUT2D eigenvalue weighted by atomic mass is 35.5. The first-order chi connectivity index (χ1) is 13.8. The molecule has 1 amide bonds. The largest absolute Gasteiger partial charge is 0.302 e. The lowest BCUT2D eigenvalue weighted by molar-refractivity contribution is 0.0983. The van der Waals surface area contributed by atoms with Crippen LogP contribution in [0.5, 0.6) is 0 Å². The molecule has 0 aliphatic carbocycles. The number of thiazole rings is 1. The number of anilines is 1. The van der Waals surface area contributed by atoms with Crippen LogP contribution < -0.4 is 4.90 Å². The highest BCUT2D eigenvalue weighted by Crippen LogP contribution is 2.32. The minimum absolute atomic E-state index is 0. The van der Waals surface area contributed by atoms with E-state index in [1.54, 1.807) is 4.90 Å². The molecular weight excluding hydrogens is 428 g/mol. The lowest BCUT2D eigenvalue weighted by Crippen LogP contribution is -2.39. The molecule has 3 rings (SSSR count). The summed E-state index contributed by atoms with van der Waals surface area (Å²) in [6, 6.07) is 7.81. The van der Waals surface area contributed by atoms with Crippen molar-refractivity contribution >= 4 is 45.0 Å². The van der Waals surface area contributed by atoms with Gasteiger partial charge in [0, 0.05) is 24.7 Å². The third kappa shape index (κ3) is 5.14. The number of carbonyl (C=O) groups is 1. The van der Waals surface area contributed by atoms with E-state index in [2.05, 4.69) is 23.7 Å². The smallest absolute Gasteiger partial charge is 0.260 e. The molecule has 0 saturated carbocycles. The lowest BCUT2D eigenvalue weighted by Gasteiger charge is -2.25. The predicted molar refractivity (Wildman–Crippen MR) is 122 cm³/mol. The van der Waals surface area contributed by atoms with Gasteiger partial charge >= 0.3 is 0 Å². The third-order valence-corrected chi connectivity index (χ3v) is 6.06. The van der Waals surface area contributed by atoms with Crippen LogP contribution in [0.4, 0.5) is 13.9 Å². The fraction of sp³-hybridized carbons (Fsp3) is 0.364. The van der Waals surface area contributed by atoms with Crippen molar-refractivity contribution in [3.8, 4) is 0 Å². The number of carbonyl (C=O) groups excluding carboxylic acids is 1. The van der Waals surface area contributed by atoms with Crippen molar-refractivity contribution in [3.05, 3.63) is 58.7 Å². The summed E-state index contributed by atoms with van der Waals surface area (Å²) in [6.45, 7) is 10.8. The van der Waals surface area contributed by atoms with Crippen molar-refractivity contribution in [3.63, 3.8) is 0 Å². The van der Waals surface area contributed by atoms with Crippen molar-refractivity contribution in [2.75, 3.05) is 31.1 Å². The predicted octanol–water partition coefficient (Wildman–Crippen LogP) is 5.60. The SMILES string of the molecule is CCN(CC)CCN(C(=O)c1cc(C)ccc1C)c1nc2c(F)cc(F)cc2s1.Cl. The Kier molecular flexibility index (Phi) is 8.29. The summed E-state index contributed by atoms with van der Waals surface area (Å²) in [6.07, 6.45) is 0.